The van der Waals surface area contributed by atoms with E-state index in [2.05, 4.69) is 43.6 Å². The molecule has 0 saturated carbocycles. The van der Waals surface area contributed by atoms with E-state index in [4.69, 9.17) is 0 Å². The Kier molecular flexibility index (Phi) is 5.31. The van der Waals surface area contributed by atoms with Gasteiger partial charge in [-0.2, -0.15) is 0 Å². The standard InChI is InChI=1S/C17H33N3O/c1-16(2)11-14(12-17(3,4)20-16)19-15(21)9-8-13-7-5-6-10-18-13/h13-14,18,20H,5-12H2,1-4H3,(H,19,21). The number of carbonyl (C=O) groups excluding carboxylic acids is 1. The second-order valence-electron chi connectivity index (χ2n) is 8.25. The van der Waals surface area contributed by atoms with Gasteiger partial charge in [0.15, 0.2) is 0 Å². The minimum Gasteiger partial charge on any atom is -0.353 e. The van der Waals surface area contributed by atoms with E-state index in [-0.39, 0.29) is 17.0 Å². The van der Waals surface area contributed by atoms with Gasteiger partial charge < -0.3 is 16.0 Å². The van der Waals surface area contributed by atoms with Crippen LogP contribution in [-0.4, -0.2) is 35.6 Å². The average molecular weight is 295 g/mol. The first-order valence-electron chi connectivity index (χ1n) is 8.58. The second kappa shape index (κ2) is 6.66. The monoisotopic (exact) mass is 295 g/mol. The van der Waals surface area contributed by atoms with Crippen molar-refractivity contribution < 1.29 is 4.79 Å². The van der Waals surface area contributed by atoms with Crippen LogP contribution in [-0.2, 0) is 4.79 Å². The lowest BCUT2D eigenvalue weighted by molar-refractivity contribution is -0.122. The fourth-order valence-electron chi connectivity index (χ4n) is 4.20. The highest BCUT2D eigenvalue weighted by Gasteiger charge is 2.38. The summed E-state index contributed by atoms with van der Waals surface area (Å²) in [5.41, 5.74) is 0.176. The fourth-order valence-corrected chi connectivity index (χ4v) is 4.20. The van der Waals surface area contributed by atoms with Crippen LogP contribution in [0.3, 0.4) is 0 Å². The molecule has 2 rings (SSSR count). The lowest BCUT2D eigenvalue weighted by Crippen LogP contribution is -2.62. The van der Waals surface area contributed by atoms with Crippen molar-refractivity contribution in [3.8, 4) is 0 Å². The molecule has 0 spiro atoms. The molecular weight excluding hydrogens is 262 g/mol. The minimum atomic E-state index is 0.0879. The predicted molar refractivity (Wildman–Crippen MR) is 87.3 cm³/mol. The molecule has 21 heavy (non-hydrogen) atoms. The van der Waals surface area contributed by atoms with Gasteiger partial charge in [0.2, 0.25) is 5.91 Å². The molecule has 2 aliphatic heterocycles. The Bertz CT molecular complexity index is 343. The maximum Gasteiger partial charge on any atom is 0.220 e. The van der Waals surface area contributed by atoms with Crippen molar-refractivity contribution in [3.05, 3.63) is 0 Å². The van der Waals surface area contributed by atoms with Gasteiger partial charge in [0.1, 0.15) is 0 Å². The van der Waals surface area contributed by atoms with E-state index in [1.807, 2.05) is 0 Å². The normalized spacial score (nSPS) is 29.0. The molecule has 2 fully saturated rings. The summed E-state index contributed by atoms with van der Waals surface area (Å²) in [7, 11) is 0. The zero-order valence-corrected chi connectivity index (χ0v) is 14.2. The van der Waals surface area contributed by atoms with Crippen molar-refractivity contribution in [3.63, 3.8) is 0 Å². The van der Waals surface area contributed by atoms with Crippen LogP contribution in [0.25, 0.3) is 0 Å². The smallest absolute Gasteiger partial charge is 0.220 e. The SMILES string of the molecule is CC1(C)CC(NC(=O)CCC2CCCCN2)CC(C)(C)N1. The van der Waals surface area contributed by atoms with Crippen molar-refractivity contribution in [2.45, 2.75) is 95.8 Å². The molecule has 0 aromatic rings. The van der Waals surface area contributed by atoms with Gasteiger partial charge in [-0.25, -0.2) is 0 Å². The zero-order valence-electron chi connectivity index (χ0n) is 14.2. The average Bonchev–Trinajstić information content (AvgIpc) is 2.33. The summed E-state index contributed by atoms with van der Waals surface area (Å²) in [6.45, 7) is 10.00. The van der Waals surface area contributed by atoms with Crippen molar-refractivity contribution in [2.75, 3.05) is 6.54 Å². The van der Waals surface area contributed by atoms with Crippen molar-refractivity contribution in [1.82, 2.24) is 16.0 Å². The fraction of sp³-hybridized carbons (Fsp3) is 0.941. The van der Waals surface area contributed by atoms with E-state index < -0.39 is 0 Å². The molecule has 0 aromatic heterocycles. The number of hydrogen-bond donors (Lipinski definition) is 3. The summed E-state index contributed by atoms with van der Waals surface area (Å²) in [6.07, 6.45) is 7.44. The molecule has 1 amide bonds. The third-order valence-corrected chi connectivity index (χ3v) is 4.69. The highest BCUT2D eigenvalue weighted by atomic mass is 16.1. The van der Waals surface area contributed by atoms with Crippen molar-refractivity contribution in [1.29, 1.82) is 0 Å². The first kappa shape index (κ1) is 16.8. The Labute approximate surface area is 129 Å². The number of amides is 1. The molecule has 0 aliphatic carbocycles. The van der Waals surface area contributed by atoms with Gasteiger partial charge in [-0.15, -0.1) is 0 Å². The lowest BCUT2D eigenvalue weighted by atomic mass is 9.79. The maximum atomic E-state index is 12.2. The molecule has 3 N–H and O–H groups in total. The van der Waals surface area contributed by atoms with E-state index in [0.717, 1.165) is 25.8 Å². The molecule has 122 valence electrons. The van der Waals surface area contributed by atoms with Gasteiger partial charge in [0.05, 0.1) is 0 Å². The zero-order chi connectivity index (χ0) is 15.5. The van der Waals surface area contributed by atoms with Crippen LogP contribution < -0.4 is 16.0 Å². The minimum absolute atomic E-state index is 0.0879. The Balaban J connectivity index is 1.76. The molecule has 4 nitrogen and oxygen atoms in total. The molecule has 0 aromatic carbocycles. The summed E-state index contributed by atoms with van der Waals surface area (Å²) < 4.78 is 0. The third-order valence-electron chi connectivity index (χ3n) is 4.69. The maximum absolute atomic E-state index is 12.2. The Hall–Kier alpha value is -0.610. The van der Waals surface area contributed by atoms with Gasteiger partial charge in [-0.1, -0.05) is 6.42 Å². The van der Waals surface area contributed by atoms with Crippen LogP contribution >= 0.6 is 0 Å². The molecule has 2 heterocycles. The number of piperidine rings is 2. The summed E-state index contributed by atoms with van der Waals surface area (Å²) in [6, 6.07) is 0.841. The first-order valence-corrected chi connectivity index (χ1v) is 8.58. The van der Waals surface area contributed by atoms with Crippen LogP contribution in [0, 0.1) is 0 Å². The molecule has 4 heteroatoms. The van der Waals surface area contributed by atoms with E-state index in [9.17, 15) is 4.79 Å². The van der Waals surface area contributed by atoms with E-state index in [1.165, 1.54) is 19.3 Å². The molecule has 1 atom stereocenters. The largest absolute Gasteiger partial charge is 0.353 e. The van der Waals surface area contributed by atoms with Gasteiger partial charge in [-0.3, -0.25) is 4.79 Å². The topological polar surface area (TPSA) is 53.2 Å². The van der Waals surface area contributed by atoms with Gasteiger partial charge in [-0.05, 0) is 66.3 Å². The van der Waals surface area contributed by atoms with Crippen LogP contribution in [0.4, 0.5) is 0 Å². The molecule has 2 aliphatic rings. The first-order chi connectivity index (χ1) is 9.76. The van der Waals surface area contributed by atoms with Crippen LogP contribution in [0.5, 0.6) is 0 Å². The number of carbonyl (C=O) groups is 1. The molecule has 1 unspecified atom stereocenters. The van der Waals surface area contributed by atoms with E-state index in [0.29, 0.717) is 18.5 Å². The summed E-state index contributed by atoms with van der Waals surface area (Å²) in [5.74, 6) is 0.223. The van der Waals surface area contributed by atoms with Gasteiger partial charge in [0, 0.05) is 29.6 Å². The lowest BCUT2D eigenvalue weighted by Gasteiger charge is -2.46. The van der Waals surface area contributed by atoms with Crippen LogP contribution in [0.2, 0.25) is 0 Å². The molecule has 2 saturated heterocycles. The Morgan fingerprint density at radius 3 is 2.38 bits per heavy atom. The van der Waals surface area contributed by atoms with Gasteiger partial charge in [0.25, 0.3) is 0 Å². The van der Waals surface area contributed by atoms with E-state index >= 15 is 0 Å². The Morgan fingerprint density at radius 1 is 1.14 bits per heavy atom. The molecule has 0 radical (unpaired) electrons. The number of hydrogen-bond acceptors (Lipinski definition) is 3. The summed E-state index contributed by atoms with van der Waals surface area (Å²) in [4.78, 5) is 12.2. The number of nitrogens with one attached hydrogen (secondary N) is 3. The second-order valence-corrected chi connectivity index (χ2v) is 8.25. The highest BCUT2D eigenvalue weighted by Crippen LogP contribution is 2.28. The Morgan fingerprint density at radius 2 is 1.81 bits per heavy atom. The van der Waals surface area contributed by atoms with Crippen molar-refractivity contribution in [2.24, 2.45) is 0 Å². The van der Waals surface area contributed by atoms with Crippen LogP contribution in [0.15, 0.2) is 0 Å². The third kappa shape index (κ3) is 5.59. The van der Waals surface area contributed by atoms with Gasteiger partial charge >= 0.3 is 0 Å². The summed E-state index contributed by atoms with van der Waals surface area (Å²) in [5, 5.41) is 10.4. The van der Waals surface area contributed by atoms with E-state index in [1.54, 1.807) is 0 Å². The highest BCUT2D eigenvalue weighted by molar-refractivity contribution is 5.76. The van der Waals surface area contributed by atoms with Crippen molar-refractivity contribution >= 4 is 5.91 Å². The predicted octanol–water partition coefficient (Wildman–Crippen LogP) is 2.33. The quantitative estimate of drug-likeness (QED) is 0.746. The molecular formula is C17H33N3O. The summed E-state index contributed by atoms with van der Waals surface area (Å²) >= 11 is 0. The van der Waals surface area contributed by atoms with Crippen LogP contribution in [0.1, 0.15) is 72.6 Å². The molecule has 0 bridgehead atoms. The number of rotatable bonds is 4.